The molecule has 1 aliphatic rings. The Hall–Kier alpha value is -2.92. The number of methoxy groups -OCH3 is 1. The van der Waals surface area contributed by atoms with Gasteiger partial charge in [-0.2, -0.15) is 13.4 Å². The summed E-state index contributed by atoms with van der Waals surface area (Å²) in [6, 6.07) is 7.81. The van der Waals surface area contributed by atoms with E-state index >= 15 is 0 Å². The Labute approximate surface area is 220 Å². The highest BCUT2D eigenvalue weighted by Gasteiger charge is 2.21. The molecule has 2 N–H and O–H groups in total. The average molecular weight is 570 g/mol. The van der Waals surface area contributed by atoms with Gasteiger partial charge in [0.25, 0.3) is 0 Å². The van der Waals surface area contributed by atoms with Crippen LogP contribution in [0, 0.1) is 0 Å². The minimum absolute atomic E-state index is 0.141. The van der Waals surface area contributed by atoms with Crippen molar-refractivity contribution in [2.24, 2.45) is 0 Å². The van der Waals surface area contributed by atoms with Crippen LogP contribution in [0.2, 0.25) is 5.02 Å². The monoisotopic (exact) mass is 569 g/mol. The standard InChI is InChI=1S/C23H26ClFN5O5PS/c1-30-8-7-14-10-20(34-2)18(9-15(14)13-30)28-23-26-12-17(24)22(29-23)27-19-11-16(35-37(25,32)33)5-6-21(19)36(3,4)31/h5-6,9-12H,7-8,13H2,1-4H3,(H2,26,27,28,29). The lowest BCUT2D eigenvalue weighted by molar-refractivity contribution is 0.312. The number of nitrogens with zero attached hydrogens (tertiary/aromatic N) is 3. The summed E-state index contributed by atoms with van der Waals surface area (Å²) in [5.74, 6) is 0.667. The Morgan fingerprint density at radius 3 is 2.57 bits per heavy atom. The van der Waals surface area contributed by atoms with E-state index in [-0.39, 0.29) is 28.2 Å². The van der Waals surface area contributed by atoms with Gasteiger partial charge < -0.3 is 29.0 Å². The van der Waals surface area contributed by atoms with Gasteiger partial charge in [0, 0.05) is 24.5 Å². The van der Waals surface area contributed by atoms with Gasteiger partial charge in [0.2, 0.25) is 5.95 Å². The van der Waals surface area contributed by atoms with Crippen molar-refractivity contribution in [2.45, 2.75) is 13.0 Å². The molecule has 0 saturated heterocycles. The molecule has 0 aliphatic carbocycles. The summed E-state index contributed by atoms with van der Waals surface area (Å²) in [6.45, 7) is 4.83. The molecule has 1 aromatic heterocycles. The van der Waals surface area contributed by atoms with Crippen molar-refractivity contribution < 1.29 is 25.8 Å². The van der Waals surface area contributed by atoms with Crippen LogP contribution in [0.3, 0.4) is 0 Å². The van der Waals surface area contributed by atoms with Crippen molar-refractivity contribution >= 4 is 57.7 Å². The van der Waals surface area contributed by atoms with Crippen molar-refractivity contribution in [1.29, 1.82) is 0 Å². The molecule has 2 heterocycles. The van der Waals surface area contributed by atoms with Crippen LogP contribution in [-0.4, -0.2) is 57.3 Å². The zero-order chi connectivity index (χ0) is 27.0. The Kier molecular flexibility index (Phi) is 7.66. The van der Waals surface area contributed by atoms with Gasteiger partial charge in [0.1, 0.15) is 23.7 Å². The molecule has 14 heteroatoms. The maximum Gasteiger partial charge on any atom is 0.488 e. The molecule has 198 valence electrons. The molecule has 0 radical (unpaired) electrons. The number of aromatic nitrogens is 2. The van der Waals surface area contributed by atoms with E-state index in [1.165, 1.54) is 43.3 Å². The Balaban J connectivity index is 1.68. The molecule has 0 amide bonds. The lowest BCUT2D eigenvalue weighted by Crippen LogP contribution is -2.26. The summed E-state index contributed by atoms with van der Waals surface area (Å²) in [5.41, 5.74) is 3.24. The van der Waals surface area contributed by atoms with Crippen molar-refractivity contribution in [1.82, 2.24) is 14.9 Å². The molecule has 0 atom stereocenters. The van der Waals surface area contributed by atoms with E-state index in [1.54, 1.807) is 7.11 Å². The molecule has 1 aliphatic heterocycles. The molecule has 2 aromatic carbocycles. The smallest absolute Gasteiger partial charge is 0.488 e. The van der Waals surface area contributed by atoms with Gasteiger partial charge in [-0.3, -0.25) is 0 Å². The minimum Gasteiger partial charge on any atom is -0.495 e. The zero-order valence-corrected chi connectivity index (χ0v) is 23.0. The maximum absolute atomic E-state index is 13.1. The van der Waals surface area contributed by atoms with Crippen LogP contribution in [-0.2, 0) is 28.0 Å². The number of likely N-dealkylation sites (N-methyl/N-ethyl adjacent to an activating group) is 1. The molecule has 0 saturated carbocycles. The number of nitrogens with one attached hydrogen (secondary N) is 2. The molecule has 0 fully saturated rings. The molecule has 0 bridgehead atoms. The van der Waals surface area contributed by atoms with Crippen LogP contribution in [0.15, 0.2) is 36.5 Å². The third-order valence-corrected chi connectivity index (χ3v) is 7.93. The van der Waals surface area contributed by atoms with Gasteiger partial charge in [-0.1, -0.05) is 15.5 Å². The van der Waals surface area contributed by atoms with Gasteiger partial charge in [-0.05, 0) is 62.2 Å². The van der Waals surface area contributed by atoms with E-state index in [0.29, 0.717) is 16.7 Å². The fourth-order valence-electron chi connectivity index (χ4n) is 4.01. The van der Waals surface area contributed by atoms with Crippen molar-refractivity contribution in [3.63, 3.8) is 0 Å². The van der Waals surface area contributed by atoms with Crippen molar-refractivity contribution in [2.75, 3.05) is 44.7 Å². The van der Waals surface area contributed by atoms with Crippen LogP contribution in [0.5, 0.6) is 11.5 Å². The van der Waals surface area contributed by atoms with Crippen LogP contribution < -0.4 is 24.9 Å². The number of fused-ring (bicyclic) bond motifs is 1. The molecule has 0 unspecified atom stereocenters. The molecule has 3 aromatic rings. The van der Waals surface area contributed by atoms with E-state index < -0.39 is 17.6 Å². The van der Waals surface area contributed by atoms with E-state index in [1.807, 2.05) is 12.1 Å². The highest BCUT2D eigenvalue weighted by Crippen LogP contribution is 2.40. The highest BCUT2D eigenvalue weighted by molar-refractivity contribution is 7.81. The van der Waals surface area contributed by atoms with Gasteiger partial charge in [-0.15, -0.1) is 0 Å². The van der Waals surface area contributed by atoms with Gasteiger partial charge in [0.05, 0.1) is 24.7 Å². The molecular weight excluding hydrogens is 544 g/mol. The molecule has 37 heavy (non-hydrogen) atoms. The van der Waals surface area contributed by atoms with Crippen LogP contribution in [0.1, 0.15) is 11.1 Å². The summed E-state index contributed by atoms with van der Waals surface area (Å²) in [5, 5.41) is 6.61. The fraction of sp³-hybridized carbons (Fsp3) is 0.304. The lowest BCUT2D eigenvalue weighted by atomic mass is 9.99. The van der Waals surface area contributed by atoms with E-state index in [4.69, 9.17) is 16.3 Å². The second-order valence-corrected chi connectivity index (χ2v) is 13.5. The first kappa shape index (κ1) is 27.1. The number of hydrogen-bond donors (Lipinski definition) is 2. The second-order valence-electron chi connectivity index (χ2n) is 8.96. The fourth-order valence-corrected chi connectivity index (χ4v) is 5.62. The predicted octanol–water partition coefficient (Wildman–Crippen LogP) is 4.45. The van der Waals surface area contributed by atoms with Gasteiger partial charge in [-0.25, -0.2) is 4.98 Å². The first-order valence-corrected chi connectivity index (χ1v) is 15.4. The average Bonchev–Trinajstić information content (AvgIpc) is 2.79. The first-order chi connectivity index (χ1) is 17.3. The van der Waals surface area contributed by atoms with Crippen LogP contribution in [0.25, 0.3) is 0 Å². The molecular formula is C23H26ClFN5O5PS. The number of halogens is 2. The number of anilines is 4. The zero-order valence-electron chi connectivity index (χ0n) is 20.6. The third-order valence-electron chi connectivity index (χ3n) is 5.71. The van der Waals surface area contributed by atoms with Gasteiger partial charge >= 0.3 is 10.5 Å². The maximum atomic E-state index is 13.1. The molecule has 0 spiro atoms. The number of rotatable bonds is 8. The highest BCUT2D eigenvalue weighted by atomic mass is 35.5. The lowest BCUT2D eigenvalue weighted by Gasteiger charge is -2.26. The molecule has 10 nitrogen and oxygen atoms in total. The summed E-state index contributed by atoms with van der Waals surface area (Å²) in [6.07, 6.45) is 2.29. The summed E-state index contributed by atoms with van der Waals surface area (Å²) >= 11 is 6.33. The quantitative estimate of drug-likeness (QED) is 0.297. The first-order valence-electron chi connectivity index (χ1n) is 11.1. The van der Waals surface area contributed by atoms with E-state index in [0.717, 1.165) is 25.1 Å². The summed E-state index contributed by atoms with van der Waals surface area (Å²) in [7, 11) is -4.47. The van der Waals surface area contributed by atoms with Crippen LogP contribution in [0.4, 0.5) is 27.0 Å². The third kappa shape index (κ3) is 6.70. The summed E-state index contributed by atoms with van der Waals surface area (Å²) in [4.78, 5) is 10.9. The number of benzene rings is 2. The topological polar surface area (TPSA) is 123 Å². The normalized spacial score (nSPS) is 14.1. The Morgan fingerprint density at radius 2 is 1.89 bits per heavy atom. The van der Waals surface area contributed by atoms with Crippen molar-refractivity contribution in [3.8, 4) is 11.5 Å². The molecule has 4 rings (SSSR count). The SMILES string of the molecule is COc1cc2c(cc1Nc1ncc(Cl)c(Nc3cc(OS(=O)(=O)F)ccc3P(C)(C)=O)n1)CN(C)CC2. The minimum atomic E-state index is -5.25. The van der Waals surface area contributed by atoms with E-state index in [2.05, 4.69) is 36.7 Å². The van der Waals surface area contributed by atoms with Gasteiger partial charge in [0.15, 0.2) is 5.82 Å². The predicted molar refractivity (Wildman–Crippen MR) is 143 cm³/mol. The number of ether oxygens (including phenoxy) is 1. The Bertz CT molecular complexity index is 1500. The Morgan fingerprint density at radius 1 is 1.14 bits per heavy atom. The van der Waals surface area contributed by atoms with Crippen LogP contribution >= 0.6 is 18.7 Å². The largest absolute Gasteiger partial charge is 0.495 e. The van der Waals surface area contributed by atoms with Crippen molar-refractivity contribution in [3.05, 3.63) is 52.7 Å². The number of hydrogen-bond acceptors (Lipinski definition) is 10. The summed E-state index contributed by atoms with van der Waals surface area (Å²) < 4.78 is 57.8. The van der Waals surface area contributed by atoms with E-state index in [9.17, 15) is 16.9 Å². The second kappa shape index (κ2) is 10.4.